The first-order chi connectivity index (χ1) is 33.1. The second-order valence-corrected chi connectivity index (χ2v) is 20.3. The van der Waals surface area contributed by atoms with E-state index in [2.05, 4.69) is 77.5 Å². The minimum Gasteiger partial charge on any atom is -0.353 e. The van der Waals surface area contributed by atoms with Crippen molar-refractivity contribution in [3.63, 3.8) is 0 Å². The minimum absolute atomic E-state index is 0.0167. The van der Waals surface area contributed by atoms with Crippen molar-refractivity contribution in [1.82, 2.24) is 31.1 Å². The van der Waals surface area contributed by atoms with Crippen LogP contribution < -0.4 is 21.3 Å². The number of aryl methyl sites for hydroxylation is 1. The number of carbonyl (C=O) groups is 4. The van der Waals surface area contributed by atoms with Crippen molar-refractivity contribution in [1.29, 1.82) is 0 Å². The highest BCUT2D eigenvalue weighted by molar-refractivity contribution is 6.30. The summed E-state index contributed by atoms with van der Waals surface area (Å²) < 4.78 is 51.9. The summed E-state index contributed by atoms with van der Waals surface area (Å²) in [5, 5.41) is 13.0. The van der Waals surface area contributed by atoms with Gasteiger partial charge in [0.2, 0.25) is 23.6 Å². The molecule has 0 spiro atoms. The van der Waals surface area contributed by atoms with E-state index < -0.39 is 23.5 Å². The van der Waals surface area contributed by atoms with Gasteiger partial charge in [-0.15, -0.1) is 0 Å². The maximum atomic E-state index is 13.4. The van der Waals surface area contributed by atoms with Gasteiger partial charge in [0.15, 0.2) is 0 Å². The summed E-state index contributed by atoms with van der Waals surface area (Å²) in [6, 6.07) is 26.8. The molecule has 380 valence electrons. The molecule has 10 nitrogen and oxygen atoms in total. The molecule has 0 aliphatic heterocycles. The Labute approximate surface area is 420 Å². The minimum atomic E-state index is -4.82. The zero-order chi connectivity index (χ0) is 51.1. The largest absolute Gasteiger partial charge is 0.419 e. The Bertz CT molecular complexity index is 2380. The molecule has 4 N–H and O–H groups in total. The van der Waals surface area contributed by atoms with Crippen LogP contribution in [-0.2, 0) is 51.3 Å². The van der Waals surface area contributed by atoms with Crippen molar-refractivity contribution in [3.8, 4) is 0 Å². The van der Waals surface area contributed by atoms with Crippen LogP contribution in [0.25, 0.3) is 0 Å². The van der Waals surface area contributed by atoms with E-state index in [1.54, 1.807) is 0 Å². The van der Waals surface area contributed by atoms with E-state index in [0.29, 0.717) is 17.6 Å². The van der Waals surface area contributed by atoms with E-state index in [4.69, 9.17) is 23.2 Å². The van der Waals surface area contributed by atoms with Gasteiger partial charge >= 0.3 is 6.18 Å². The zero-order valence-corrected chi connectivity index (χ0v) is 42.4. The predicted octanol–water partition coefficient (Wildman–Crippen LogP) is 10.1. The number of nitrogens with zero attached hydrogens (tertiary/aromatic N) is 2. The van der Waals surface area contributed by atoms with E-state index in [9.17, 15) is 36.7 Å². The lowest BCUT2D eigenvalue weighted by Crippen LogP contribution is -2.52. The molecule has 2 aliphatic rings. The summed E-state index contributed by atoms with van der Waals surface area (Å²) in [6.07, 6.45) is 4.60. The second-order valence-electron chi connectivity index (χ2n) is 19.4. The maximum Gasteiger partial charge on any atom is 0.419 e. The second kappa shape index (κ2) is 25.9. The molecular formula is C54H68Cl2F4N6O4. The number of alkyl halides is 3. The number of rotatable bonds is 18. The molecule has 0 atom stereocenters. The first-order valence-corrected chi connectivity index (χ1v) is 24.8. The Morgan fingerprint density at radius 3 is 1.37 bits per heavy atom. The molecule has 0 unspecified atom stereocenters. The van der Waals surface area contributed by atoms with Crippen molar-refractivity contribution in [2.45, 2.75) is 139 Å². The van der Waals surface area contributed by atoms with Crippen LogP contribution in [0.4, 0.5) is 17.6 Å². The number of carbonyl (C=O) groups excluding carboxylic acids is 4. The SMILES string of the molecule is CN(C)C1(Cc2cccc(Cl)c2)CCC(NC(=O)CCC(=O)NCc2ccc(F)c(C(F)(F)F)c2)CC1.Cc1cccc(CNC(=O)CCC(=O)NC2CCC(Cc3cccc(Cl)c3)(N(C)C)CC2)c1. The van der Waals surface area contributed by atoms with Gasteiger partial charge in [0.05, 0.1) is 5.56 Å². The van der Waals surface area contributed by atoms with E-state index in [1.807, 2.05) is 61.5 Å². The number of halogens is 6. The molecule has 2 saturated carbocycles. The van der Waals surface area contributed by atoms with Crippen LogP contribution in [0.2, 0.25) is 10.0 Å². The molecule has 4 aromatic carbocycles. The lowest BCUT2D eigenvalue weighted by Gasteiger charge is -2.45. The van der Waals surface area contributed by atoms with Crippen LogP contribution in [0.15, 0.2) is 91.0 Å². The molecule has 4 aromatic rings. The quantitative estimate of drug-likeness (QED) is 0.0737. The van der Waals surface area contributed by atoms with Crippen molar-refractivity contribution < 1.29 is 36.7 Å². The molecule has 6 rings (SSSR count). The Morgan fingerprint density at radius 1 is 0.571 bits per heavy atom. The van der Waals surface area contributed by atoms with Gasteiger partial charge in [-0.05, 0) is 158 Å². The summed E-state index contributed by atoms with van der Waals surface area (Å²) in [5.74, 6) is -2.21. The standard InChI is InChI=1S/C27H32ClF4N3O2.C27H36ClN3O2/c1-35(2)26(16-18-4-3-5-20(28)14-18)12-10-21(11-13-26)34-25(37)9-8-24(36)33-17-19-6-7-23(29)22(15-19)27(30,31)32;1-20-6-4-8-22(16-20)19-29-25(32)10-11-26(33)30-24-12-14-27(15-13-24,31(2)3)18-21-7-5-9-23(28)17-21/h3-7,14-15,21H,8-13,16-17H2,1-2H3,(H,33,36)(H,34,37);4-9,16-17,24H,10-15,18-19H2,1-3H3,(H,29,32)(H,30,33). The fourth-order valence-electron chi connectivity index (χ4n) is 9.57. The summed E-state index contributed by atoms with van der Waals surface area (Å²) in [5.41, 5.74) is 3.43. The van der Waals surface area contributed by atoms with Gasteiger partial charge in [-0.2, -0.15) is 13.2 Å². The maximum absolute atomic E-state index is 13.4. The molecule has 70 heavy (non-hydrogen) atoms. The molecule has 0 aromatic heterocycles. The van der Waals surface area contributed by atoms with Gasteiger partial charge in [-0.1, -0.05) is 83.4 Å². The van der Waals surface area contributed by atoms with E-state index >= 15 is 0 Å². The zero-order valence-electron chi connectivity index (χ0n) is 40.9. The number of hydrogen-bond donors (Lipinski definition) is 4. The van der Waals surface area contributed by atoms with Gasteiger partial charge < -0.3 is 31.1 Å². The van der Waals surface area contributed by atoms with Crippen LogP contribution in [-0.4, -0.2) is 84.8 Å². The number of benzene rings is 4. The smallest absolute Gasteiger partial charge is 0.353 e. The van der Waals surface area contributed by atoms with Crippen LogP contribution >= 0.6 is 23.2 Å². The highest BCUT2D eigenvalue weighted by atomic mass is 35.5. The van der Waals surface area contributed by atoms with Gasteiger partial charge in [0.25, 0.3) is 0 Å². The third kappa shape index (κ3) is 17.4. The van der Waals surface area contributed by atoms with Crippen molar-refractivity contribution >= 4 is 46.8 Å². The highest BCUT2D eigenvalue weighted by Crippen LogP contribution is 2.38. The molecule has 4 amide bonds. The predicted molar refractivity (Wildman–Crippen MR) is 269 cm³/mol. The third-order valence-electron chi connectivity index (χ3n) is 13.9. The number of nitrogens with one attached hydrogen (secondary N) is 4. The average molecular weight is 1010 g/mol. The van der Waals surface area contributed by atoms with E-state index in [-0.39, 0.29) is 78.7 Å². The fourth-order valence-corrected chi connectivity index (χ4v) is 10.00. The Balaban J connectivity index is 0.000000262. The Kier molecular flexibility index (Phi) is 20.7. The molecular weight excluding hydrogens is 944 g/mol. The Hall–Kier alpha value is -5.02. The number of hydrogen-bond acceptors (Lipinski definition) is 6. The van der Waals surface area contributed by atoms with Gasteiger partial charge in [-0.3, -0.25) is 19.2 Å². The molecule has 2 aliphatic carbocycles. The Morgan fingerprint density at radius 2 is 0.971 bits per heavy atom. The number of amides is 4. The topological polar surface area (TPSA) is 123 Å². The highest BCUT2D eigenvalue weighted by Gasteiger charge is 2.39. The molecule has 0 radical (unpaired) electrons. The average Bonchev–Trinajstić information content (AvgIpc) is 3.30. The van der Waals surface area contributed by atoms with Gasteiger partial charge in [0.1, 0.15) is 5.82 Å². The fraction of sp³-hybridized carbons (Fsp3) is 0.481. The first-order valence-electron chi connectivity index (χ1n) is 24.0. The summed E-state index contributed by atoms with van der Waals surface area (Å²) in [4.78, 5) is 53.7. The third-order valence-corrected chi connectivity index (χ3v) is 14.3. The van der Waals surface area contributed by atoms with Crippen molar-refractivity contribution in [2.75, 3.05) is 28.2 Å². The van der Waals surface area contributed by atoms with Crippen LogP contribution in [0.3, 0.4) is 0 Å². The summed E-state index contributed by atoms with van der Waals surface area (Å²) in [7, 11) is 8.41. The number of likely N-dealkylation sites (N-methyl/N-ethyl adjacent to an activating group) is 2. The molecule has 0 saturated heterocycles. The summed E-state index contributed by atoms with van der Waals surface area (Å²) in [6.45, 7) is 2.33. The lowest BCUT2D eigenvalue weighted by atomic mass is 9.75. The molecule has 2 fully saturated rings. The van der Waals surface area contributed by atoms with Crippen LogP contribution in [0.5, 0.6) is 0 Å². The van der Waals surface area contributed by atoms with Crippen molar-refractivity contribution in [3.05, 3.63) is 140 Å². The van der Waals surface area contributed by atoms with Gasteiger partial charge in [-0.25, -0.2) is 4.39 Å². The van der Waals surface area contributed by atoms with Crippen molar-refractivity contribution in [2.24, 2.45) is 0 Å². The first kappa shape index (κ1) is 55.9. The molecule has 0 bridgehead atoms. The van der Waals surface area contributed by atoms with E-state index in [0.717, 1.165) is 80.9 Å². The lowest BCUT2D eigenvalue weighted by molar-refractivity contribution is -0.140. The molecule has 0 heterocycles. The van der Waals surface area contributed by atoms with Gasteiger partial charge in [0, 0.05) is 72.0 Å². The van der Waals surface area contributed by atoms with Crippen LogP contribution in [0.1, 0.15) is 110 Å². The monoisotopic (exact) mass is 1010 g/mol. The molecule has 16 heteroatoms. The summed E-state index contributed by atoms with van der Waals surface area (Å²) >= 11 is 12.3. The van der Waals surface area contributed by atoms with Crippen LogP contribution in [0, 0.1) is 12.7 Å². The normalized spacial score (nSPS) is 20.2. The van der Waals surface area contributed by atoms with E-state index in [1.165, 1.54) is 22.8 Å².